The van der Waals surface area contributed by atoms with Gasteiger partial charge in [0.1, 0.15) is 0 Å². The number of fused-ring (bicyclic) bond motifs is 1. The standard InChI is InChI=1S/C12H14N4/c13-12(14)6-8-1-4-10-11(5-8)16(7-15-10)9-2-3-9/h1,4-5,7,9H,2-3,6H2,(H3,13,14). The van der Waals surface area contributed by atoms with Crippen LogP contribution in [0.5, 0.6) is 0 Å². The van der Waals surface area contributed by atoms with Gasteiger partial charge in [0.15, 0.2) is 0 Å². The van der Waals surface area contributed by atoms with Gasteiger partial charge in [0.2, 0.25) is 0 Å². The number of benzene rings is 1. The van der Waals surface area contributed by atoms with Crippen molar-refractivity contribution in [2.24, 2.45) is 5.73 Å². The molecule has 0 unspecified atom stereocenters. The van der Waals surface area contributed by atoms with E-state index in [2.05, 4.69) is 15.6 Å². The molecule has 1 aromatic heterocycles. The van der Waals surface area contributed by atoms with Gasteiger partial charge in [-0.05, 0) is 30.5 Å². The van der Waals surface area contributed by atoms with Crippen LogP contribution in [-0.2, 0) is 6.42 Å². The highest BCUT2D eigenvalue weighted by Crippen LogP contribution is 2.37. The van der Waals surface area contributed by atoms with Crippen molar-refractivity contribution in [1.29, 1.82) is 5.41 Å². The quantitative estimate of drug-likeness (QED) is 0.604. The summed E-state index contributed by atoms with van der Waals surface area (Å²) in [5.74, 6) is 0.205. The Morgan fingerprint density at radius 2 is 2.31 bits per heavy atom. The second-order valence-electron chi connectivity index (χ2n) is 4.41. The Kier molecular flexibility index (Phi) is 1.96. The van der Waals surface area contributed by atoms with Crippen LogP contribution in [-0.4, -0.2) is 15.4 Å². The van der Waals surface area contributed by atoms with Crippen LogP contribution in [0.3, 0.4) is 0 Å². The Hall–Kier alpha value is -1.84. The van der Waals surface area contributed by atoms with Gasteiger partial charge in [-0.2, -0.15) is 0 Å². The second kappa shape index (κ2) is 3.33. The SMILES string of the molecule is N=C(N)Cc1ccc2ncn(C3CC3)c2c1. The number of nitrogens with two attached hydrogens (primary N) is 1. The van der Waals surface area contributed by atoms with Gasteiger partial charge in [-0.3, -0.25) is 5.41 Å². The molecule has 0 radical (unpaired) electrons. The molecule has 0 bridgehead atoms. The van der Waals surface area contributed by atoms with Crippen molar-refractivity contribution in [3.63, 3.8) is 0 Å². The van der Waals surface area contributed by atoms with E-state index in [-0.39, 0.29) is 5.84 Å². The molecule has 0 spiro atoms. The van der Waals surface area contributed by atoms with Gasteiger partial charge in [0.05, 0.1) is 23.2 Å². The highest BCUT2D eigenvalue weighted by Gasteiger charge is 2.24. The van der Waals surface area contributed by atoms with Crippen LogP contribution < -0.4 is 5.73 Å². The molecule has 0 atom stereocenters. The van der Waals surface area contributed by atoms with E-state index < -0.39 is 0 Å². The maximum atomic E-state index is 7.31. The number of hydrogen-bond donors (Lipinski definition) is 2. The zero-order valence-electron chi connectivity index (χ0n) is 8.98. The van der Waals surface area contributed by atoms with Crippen LogP contribution in [0, 0.1) is 5.41 Å². The van der Waals surface area contributed by atoms with Crippen molar-refractivity contribution >= 4 is 16.9 Å². The van der Waals surface area contributed by atoms with Gasteiger partial charge in [0.25, 0.3) is 0 Å². The smallest absolute Gasteiger partial charge is 0.0960 e. The molecule has 1 fully saturated rings. The first-order valence-electron chi connectivity index (χ1n) is 5.52. The van der Waals surface area contributed by atoms with E-state index >= 15 is 0 Å². The third-order valence-corrected chi connectivity index (χ3v) is 2.97. The number of hydrogen-bond acceptors (Lipinski definition) is 2. The summed E-state index contributed by atoms with van der Waals surface area (Å²) in [6, 6.07) is 6.74. The van der Waals surface area contributed by atoms with E-state index in [0.29, 0.717) is 12.5 Å². The minimum Gasteiger partial charge on any atom is -0.387 e. The number of aromatic nitrogens is 2. The van der Waals surface area contributed by atoms with E-state index in [9.17, 15) is 0 Å². The van der Waals surface area contributed by atoms with Crippen LogP contribution >= 0.6 is 0 Å². The van der Waals surface area contributed by atoms with Gasteiger partial charge >= 0.3 is 0 Å². The maximum absolute atomic E-state index is 7.31. The Morgan fingerprint density at radius 3 is 3.00 bits per heavy atom. The van der Waals surface area contributed by atoms with E-state index in [1.54, 1.807) is 0 Å². The minimum absolute atomic E-state index is 0.205. The summed E-state index contributed by atoms with van der Waals surface area (Å²) in [7, 11) is 0. The molecule has 0 amide bonds. The summed E-state index contributed by atoms with van der Waals surface area (Å²) in [5.41, 5.74) is 8.70. The molecule has 4 nitrogen and oxygen atoms in total. The average Bonchev–Trinajstić information content (AvgIpc) is 2.98. The summed E-state index contributed by atoms with van der Waals surface area (Å²) < 4.78 is 2.24. The van der Waals surface area contributed by atoms with Crippen molar-refractivity contribution in [1.82, 2.24) is 9.55 Å². The number of amidine groups is 1. The van der Waals surface area contributed by atoms with E-state index in [4.69, 9.17) is 11.1 Å². The predicted octanol–water partition coefficient (Wildman–Crippen LogP) is 1.85. The van der Waals surface area contributed by atoms with E-state index in [1.807, 2.05) is 18.5 Å². The van der Waals surface area contributed by atoms with Gasteiger partial charge in [-0.15, -0.1) is 0 Å². The number of rotatable bonds is 3. The third kappa shape index (κ3) is 1.56. The molecule has 0 saturated heterocycles. The number of imidazole rings is 1. The number of nitrogens with one attached hydrogen (secondary N) is 1. The third-order valence-electron chi connectivity index (χ3n) is 2.97. The Morgan fingerprint density at radius 1 is 1.50 bits per heavy atom. The second-order valence-corrected chi connectivity index (χ2v) is 4.41. The van der Waals surface area contributed by atoms with Crippen LogP contribution in [0.2, 0.25) is 0 Å². The summed E-state index contributed by atoms with van der Waals surface area (Å²) in [6.45, 7) is 0. The molecule has 4 heteroatoms. The minimum atomic E-state index is 0.205. The molecule has 16 heavy (non-hydrogen) atoms. The highest BCUT2D eigenvalue weighted by molar-refractivity contribution is 5.82. The fraction of sp³-hybridized carbons (Fsp3) is 0.333. The number of nitrogens with zero attached hydrogens (tertiary/aromatic N) is 2. The molecule has 1 heterocycles. The molecule has 1 aliphatic carbocycles. The molecule has 3 rings (SSSR count). The lowest BCUT2D eigenvalue weighted by molar-refractivity contribution is 0.765. The van der Waals surface area contributed by atoms with Crippen molar-refractivity contribution < 1.29 is 0 Å². The molecular formula is C12H14N4. The summed E-state index contributed by atoms with van der Waals surface area (Å²) in [6.07, 6.45) is 4.94. The summed E-state index contributed by atoms with van der Waals surface area (Å²) >= 11 is 0. The first-order valence-corrected chi connectivity index (χ1v) is 5.52. The molecule has 1 aromatic carbocycles. The zero-order chi connectivity index (χ0) is 11.1. The van der Waals surface area contributed by atoms with Gasteiger partial charge in [-0.25, -0.2) is 4.98 Å². The summed E-state index contributed by atoms with van der Waals surface area (Å²) in [5, 5.41) is 7.31. The molecule has 1 saturated carbocycles. The molecular weight excluding hydrogens is 200 g/mol. The van der Waals surface area contributed by atoms with Crippen LogP contribution in [0.4, 0.5) is 0 Å². The predicted molar refractivity (Wildman–Crippen MR) is 63.6 cm³/mol. The van der Waals surface area contributed by atoms with Crippen LogP contribution in [0.25, 0.3) is 11.0 Å². The van der Waals surface area contributed by atoms with Crippen LogP contribution in [0.1, 0.15) is 24.4 Å². The lowest BCUT2D eigenvalue weighted by atomic mass is 10.1. The average molecular weight is 214 g/mol. The molecule has 1 aliphatic rings. The Bertz CT molecular complexity index is 551. The van der Waals surface area contributed by atoms with Crippen molar-refractivity contribution in [2.45, 2.75) is 25.3 Å². The van der Waals surface area contributed by atoms with Crippen LogP contribution in [0.15, 0.2) is 24.5 Å². The highest BCUT2D eigenvalue weighted by atomic mass is 15.1. The van der Waals surface area contributed by atoms with E-state index in [0.717, 1.165) is 11.1 Å². The topological polar surface area (TPSA) is 67.7 Å². The van der Waals surface area contributed by atoms with Gasteiger partial charge < -0.3 is 10.3 Å². The van der Waals surface area contributed by atoms with Gasteiger partial charge in [-0.1, -0.05) is 6.07 Å². The lowest BCUT2D eigenvalue weighted by Gasteiger charge is -2.03. The fourth-order valence-corrected chi connectivity index (χ4v) is 2.05. The van der Waals surface area contributed by atoms with Crippen molar-refractivity contribution in [2.75, 3.05) is 0 Å². The normalized spacial score (nSPS) is 15.5. The maximum Gasteiger partial charge on any atom is 0.0960 e. The van der Waals surface area contributed by atoms with E-state index in [1.165, 1.54) is 18.4 Å². The molecule has 0 aliphatic heterocycles. The largest absolute Gasteiger partial charge is 0.387 e. The Balaban J connectivity index is 2.06. The fourth-order valence-electron chi connectivity index (χ4n) is 2.05. The summed E-state index contributed by atoms with van der Waals surface area (Å²) in [4.78, 5) is 4.38. The zero-order valence-corrected chi connectivity index (χ0v) is 8.98. The lowest BCUT2D eigenvalue weighted by Crippen LogP contribution is -2.12. The van der Waals surface area contributed by atoms with Crippen molar-refractivity contribution in [3.8, 4) is 0 Å². The first kappa shape index (κ1) is 9.39. The molecule has 3 N–H and O–H groups in total. The van der Waals surface area contributed by atoms with Gasteiger partial charge in [0, 0.05) is 12.5 Å². The van der Waals surface area contributed by atoms with Crippen molar-refractivity contribution in [3.05, 3.63) is 30.1 Å². The molecule has 82 valence electrons. The monoisotopic (exact) mass is 214 g/mol. The Labute approximate surface area is 93.6 Å². The first-order chi connectivity index (χ1) is 7.74. The molecule has 2 aromatic rings.